The second-order valence-corrected chi connectivity index (χ2v) is 3.59. The van der Waals surface area contributed by atoms with E-state index in [1.165, 1.54) is 0 Å². The third kappa shape index (κ3) is 2.61. The van der Waals surface area contributed by atoms with E-state index in [0.29, 0.717) is 11.6 Å². The van der Waals surface area contributed by atoms with Crippen LogP contribution in [0.25, 0.3) is 0 Å². The van der Waals surface area contributed by atoms with E-state index in [9.17, 15) is 4.79 Å². The molecule has 0 atom stereocenters. The Balaban J connectivity index is 2.01. The van der Waals surface area contributed by atoms with E-state index in [1.54, 1.807) is 36.1 Å². The van der Waals surface area contributed by atoms with Crippen LogP contribution in [0, 0.1) is 0 Å². The molecule has 2 heterocycles. The number of nitrogens with one attached hydrogen (secondary N) is 2. The van der Waals surface area contributed by atoms with Gasteiger partial charge in [0.25, 0.3) is 5.91 Å². The summed E-state index contributed by atoms with van der Waals surface area (Å²) in [4.78, 5) is 15.8. The highest BCUT2D eigenvalue weighted by molar-refractivity contribution is 5.92. The van der Waals surface area contributed by atoms with Gasteiger partial charge < -0.3 is 15.3 Å². The number of hydrogen-bond acceptors (Lipinski definition) is 6. The lowest BCUT2D eigenvalue weighted by molar-refractivity contribution is 0.0944. The number of aromatic nitrogens is 4. The molecule has 0 radical (unpaired) electrons. The summed E-state index contributed by atoms with van der Waals surface area (Å²) in [5.74, 6) is 6.02. The largest absolute Gasteiger partial charge is 0.343 e. The highest BCUT2D eigenvalue weighted by Crippen LogP contribution is 2.03. The summed E-state index contributed by atoms with van der Waals surface area (Å²) < 4.78 is 1.73. The molecule has 0 aliphatic rings. The maximum absolute atomic E-state index is 11.8. The molecular weight excluding hydrogens is 234 g/mol. The molecule has 2 rings (SSSR count). The third-order valence-corrected chi connectivity index (χ3v) is 2.34. The molecule has 4 N–H and O–H groups in total. The van der Waals surface area contributed by atoms with Gasteiger partial charge in [0.15, 0.2) is 5.82 Å². The van der Waals surface area contributed by atoms with Crippen molar-refractivity contribution in [3.8, 4) is 0 Å². The van der Waals surface area contributed by atoms with E-state index in [0.717, 1.165) is 0 Å². The molecule has 2 aromatic rings. The lowest BCUT2D eigenvalue weighted by atomic mass is 10.3. The molecule has 2 aromatic heterocycles. The number of nitrogens with zero attached hydrogens (tertiary/aromatic N) is 4. The summed E-state index contributed by atoms with van der Waals surface area (Å²) in [6.07, 6.45) is 1.57. The van der Waals surface area contributed by atoms with Crippen molar-refractivity contribution in [2.75, 3.05) is 5.43 Å². The lowest BCUT2D eigenvalue weighted by Crippen LogP contribution is -2.25. The minimum atomic E-state index is -0.296. The minimum absolute atomic E-state index is 0.285. The average molecular weight is 247 g/mol. The Morgan fingerprint density at radius 2 is 2.33 bits per heavy atom. The number of anilines is 1. The quantitative estimate of drug-likeness (QED) is 0.492. The van der Waals surface area contributed by atoms with Crippen LogP contribution in [0.15, 0.2) is 24.5 Å². The van der Waals surface area contributed by atoms with Gasteiger partial charge in [0.05, 0.1) is 6.54 Å². The van der Waals surface area contributed by atoms with Crippen molar-refractivity contribution in [3.05, 3.63) is 36.0 Å². The molecule has 0 aromatic carbocycles. The number of carbonyl (C=O) groups is 1. The zero-order chi connectivity index (χ0) is 13.0. The van der Waals surface area contributed by atoms with Gasteiger partial charge >= 0.3 is 0 Å². The first-order valence-corrected chi connectivity index (χ1v) is 5.25. The highest BCUT2D eigenvalue weighted by atomic mass is 16.1. The summed E-state index contributed by atoms with van der Waals surface area (Å²) in [6.45, 7) is 0.289. The minimum Gasteiger partial charge on any atom is -0.343 e. The van der Waals surface area contributed by atoms with Crippen LogP contribution in [-0.4, -0.2) is 25.7 Å². The van der Waals surface area contributed by atoms with Gasteiger partial charge in [-0.25, -0.2) is 10.8 Å². The van der Waals surface area contributed by atoms with Gasteiger partial charge in [-0.15, -0.1) is 10.2 Å². The number of pyridine rings is 1. The zero-order valence-corrected chi connectivity index (χ0v) is 9.79. The predicted octanol–water partition coefficient (Wildman–Crippen LogP) is -0.574. The van der Waals surface area contributed by atoms with E-state index < -0.39 is 0 Å². The van der Waals surface area contributed by atoms with Crippen LogP contribution in [0.3, 0.4) is 0 Å². The van der Waals surface area contributed by atoms with Crippen LogP contribution < -0.4 is 16.6 Å². The molecule has 0 aliphatic heterocycles. The number of rotatable bonds is 4. The van der Waals surface area contributed by atoms with Crippen LogP contribution >= 0.6 is 0 Å². The zero-order valence-electron chi connectivity index (χ0n) is 9.79. The first-order valence-electron chi connectivity index (χ1n) is 5.25. The maximum Gasteiger partial charge on any atom is 0.270 e. The monoisotopic (exact) mass is 247 g/mol. The van der Waals surface area contributed by atoms with Gasteiger partial charge in [0.2, 0.25) is 0 Å². The van der Waals surface area contributed by atoms with Crippen LogP contribution in [0.4, 0.5) is 5.82 Å². The van der Waals surface area contributed by atoms with E-state index in [2.05, 4.69) is 25.9 Å². The van der Waals surface area contributed by atoms with Crippen molar-refractivity contribution < 1.29 is 4.79 Å². The third-order valence-electron chi connectivity index (χ3n) is 2.34. The first kappa shape index (κ1) is 12.0. The van der Waals surface area contributed by atoms with E-state index in [-0.39, 0.29) is 18.1 Å². The Morgan fingerprint density at radius 1 is 1.50 bits per heavy atom. The van der Waals surface area contributed by atoms with Gasteiger partial charge in [0, 0.05) is 7.05 Å². The number of nitrogen functional groups attached to an aromatic ring is 1. The van der Waals surface area contributed by atoms with Gasteiger partial charge in [-0.1, -0.05) is 6.07 Å². The fraction of sp³-hybridized carbons (Fsp3) is 0.200. The van der Waals surface area contributed by atoms with Gasteiger partial charge in [-0.2, -0.15) is 0 Å². The Kier molecular flexibility index (Phi) is 3.49. The van der Waals surface area contributed by atoms with Crippen molar-refractivity contribution in [2.45, 2.75) is 6.54 Å². The van der Waals surface area contributed by atoms with Crippen molar-refractivity contribution >= 4 is 11.7 Å². The molecule has 8 heteroatoms. The van der Waals surface area contributed by atoms with Crippen LogP contribution in [-0.2, 0) is 13.6 Å². The van der Waals surface area contributed by atoms with Gasteiger partial charge in [0.1, 0.15) is 17.8 Å². The Hall–Kier alpha value is -2.48. The molecule has 1 amide bonds. The topological polar surface area (TPSA) is 111 Å². The van der Waals surface area contributed by atoms with Crippen molar-refractivity contribution in [1.82, 2.24) is 25.1 Å². The number of carbonyl (C=O) groups excluding carboxylic acids is 1. The second-order valence-electron chi connectivity index (χ2n) is 3.59. The molecule has 0 fully saturated rings. The average Bonchev–Trinajstić information content (AvgIpc) is 2.81. The molecule has 0 saturated heterocycles. The number of hydrogen-bond donors (Lipinski definition) is 3. The SMILES string of the molecule is Cn1cnnc1CNC(=O)c1cccc(NN)n1. The summed E-state index contributed by atoms with van der Waals surface area (Å²) in [7, 11) is 1.80. The smallest absolute Gasteiger partial charge is 0.270 e. The molecule has 94 valence electrons. The van der Waals surface area contributed by atoms with Crippen LogP contribution in [0.5, 0.6) is 0 Å². The van der Waals surface area contributed by atoms with Gasteiger partial charge in [-0.3, -0.25) is 4.79 Å². The maximum atomic E-state index is 11.8. The highest BCUT2D eigenvalue weighted by Gasteiger charge is 2.09. The van der Waals surface area contributed by atoms with Crippen LogP contribution in [0.1, 0.15) is 16.3 Å². The number of hydrazine groups is 1. The molecule has 18 heavy (non-hydrogen) atoms. The molecule has 0 unspecified atom stereocenters. The number of amides is 1. The van der Waals surface area contributed by atoms with Crippen molar-refractivity contribution in [1.29, 1.82) is 0 Å². The van der Waals surface area contributed by atoms with E-state index in [1.807, 2.05) is 0 Å². The van der Waals surface area contributed by atoms with Gasteiger partial charge in [-0.05, 0) is 12.1 Å². The number of nitrogens with two attached hydrogens (primary N) is 1. The summed E-state index contributed by atoms with van der Waals surface area (Å²) in [6, 6.07) is 4.96. The Bertz CT molecular complexity index is 551. The summed E-state index contributed by atoms with van der Waals surface area (Å²) in [5, 5.41) is 10.3. The van der Waals surface area contributed by atoms with Crippen LogP contribution in [0.2, 0.25) is 0 Å². The van der Waals surface area contributed by atoms with E-state index >= 15 is 0 Å². The second kappa shape index (κ2) is 5.23. The standard InChI is InChI=1S/C10H13N7O/c1-17-6-13-16-9(17)5-12-10(18)7-3-2-4-8(14-7)15-11/h2-4,6H,5,11H2,1H3,(H,12,18)(H,14,15). The molecule has 0 saturated carbocycles. The molecule has 0 aliphatic carbocycles. The molecular formula is C10H13N7O. The Labute approximate surface area is 103 Å². The van der Waals surface area contributed by atoms with Crippen molar-refractivity contribution in [2.24, 2.45) is 12.9 Å². The van der Waals surface area contributed by atoms with E-state index in [4.69, 9.17) is 5.84 Å². The fourth-order valence-corrected chi connectivity index (χ4v) is 1.36. The fourth-order valence-electron chi connectivity index (χ4n) is 1.36. The summed E-state index contributed by atoms with van der Waals surface area (Å²) >= 11 is 0. The molecule has 8 nitrogen and oxygen atoms in total. The Morgan fingerprint density at radius 3 is 3.00 bits per heavy atom. The normalized spacial score (nSPS) is 10.1. The van der Waals surface area contributed by atoms with Crippen molar-refractivity contribution in [3.63, 3.8) is 0 Å². The molecule has 0 spiro atoms. The lowest BCUT2D eigenvalue weighted by Gasteiger charge is -2.05. The number of aryl methyl sites for hydroxylation is 1. The first-order chi connectivity index (χ1) is 8.70. The molecule has 0 bridgehead atoms. The summed E-state index contributed by atoms with van der Waals surface area (Å²) in [5.41, 5.74) is 2.67. The predicted molar refractivity (Wildman–Crippen MR) is 64.2 cm³/mol.